The minimum absolute atomic E-state index is 0.0270. The van der Waals surface area contributed by atoms with Gasteiger partial charge in [-0.1, -0.05) is 84.9 Å². The van der Waals surface area contributed by atoms with Gasteiger partial charge in [0.2, 0.25) is 0 Å². The molecule has 2 amide bonds. The average molecular weight is 572 g/mol. The predicted octanol–water partition coefficient (Wildman–Crippen LogP) is 7.64. The summed E-state index contributed by atoms with van der Waals surface area (Å²) in [5.74, 6) is 0. The number of anilines is 1. The highest BCUT2D eigenvalue weighted by Gasteiger charge is 2.40. The maximum atomic E-state index is 13.3. The molecule has 0 unspecified atom stereocenters. The summed E-state index contributed by atoms with van der Waals surface area (Å²) in [4.78, 5) is 13.2. The predicted molar refractivity (Wildman–Crippen MR) is 144 cm³/mol. The molecule has 5 rings (SSSR count). The summed E-state index contributed by atoms with van der Waals surface area (Å²) in [6, 6.07) is 26.9. The number of carbonyl (C=O) groups excluding carboxylic acids is 1. The Kier molecular flexibility index (Phi) is 7.60. The molecule has 0 heterocycles. The first-order chi connectivity index (χ1) is 19.0. The van der Waals surface area contributed by atoms with Crippen molar-refractivity contribution >= 4 is 30.2 Å². The lowest BCUT2D eigenvalue weighted by Gasteiger charge is -2.31. The van der Waals surface area contributed by atoms with Crippen molar-refractivity contribution in [2.75, 3.05) is 5.32 Å². The number of hydrogen-bond acceptors (Lipinski definition) is 1. The Hall–Kier alpha value is -3.84. The molecule has 3 nitrogen and oxygen atoms in total. The first kappa shape index (κ1) is 27.7. The first-order valence-electron chi connectivity index (χ1n) is 12.3. The van der Waals surface area contributed by atoms with Crippen LogP contribution in [0.5, 0.6) is 0 Å². The Morgan fingerprint density at radius 3 is 1.73 bits per heavy atom. The molecule has 0 saturated carbocycles. The zero-order valence-electron chi connectivity index (χ0n) is 20.8. The van der Waals surface area contributed by atoms with Crippen molar-refractivity contribution < 1.29 is 31.1 Å². The highest BCUT2D eigenvalue weighted by Crippen LogP contribution is 2.51. The lowest BCUT2D eigenvalue weighted by Crippen LogP contribution is -2.38. The second-order valence-electron chi connectivity index (χ2n) is 9.38. The number of benzene rings is 4. The van der Waals surface area contributed by atoms with E-state index in [-0.39, 0.29) is 11.7 Å². The van der Waals surface area contributed by atoms with E-state index < -0.39 is 49.2 Å². The van der Waals surface area contributed by atoms with E-state index in [9.17, 15) is 31.1 Å². The van der Waals surface area contributed by atoms with E-state index in [0.717, 1.165) is 21.7 Å². The molecule has 1 aliphatic carbocycles. The zero-order chi connectivity index (χ0) is 28.5. The molecule has 0 spiro atoms. The SMILES string of the molecule is O=C(Nc1cc(C(F)(F)F)cc(C(F)(F)F)c1)N[C@H]1c2ccccc2C[C@@H]1P(c1ccccc1)c1ccccc1. The van der Waals surface area contributed by atoms with Gasteiger partial charge in [-0.3, -0.25) is 0 Å². The molecule has 206 valence electrons. The maximum Gasteiger partial charge on any atom is 0.416 e. The van der Waals surface area contributed by atoms with Crippen LogP contribution < -0.4 is 21.2 Å². The first-order valence-corrected chi connectivity index (χ1v) is 13.8. The molecule has 0 radical (unpaired) electrons. The van der Waals surface area contributed by atoms with Crippen molar-refractivity contribution in [3.8, 4) is 0 Å². The summed E-state index contributed by atoms with van der Waals surface area (Å²) >= 11 is 0. The molecule has 1 aliphatic rings. The second-order valence-corrected chi connectivity index (χ2v) is 11.8. The molecule has 0 aliphatic heterocycles. The third kappa shape index (κ3) is 5.99. The van der Waals surface area contributed by atoms with Crippen molar-refractivity contribution in [1.82, 2.24) is 5.32 Å². The van der Waals surface area contributed by atoms with Crippen LogP contribution in [0, 0.1) is 0 Å². The van der Waals surface area contributed by atoms with Crippen molar-refractivity contribution in [2.45, 2.75) is 30.5 Å². The van der Waals surface area contributed by atoms with E-state index in [1.807, 2.05) is 84.9 Å². The molecule has 0 aromatic heterocycles. The van der Waals surface area contributed by atoms with Gasteiger partial charge in [0.15, 0.2) is 0 Å². The summed E-state index contributed by atoms with van der Waals surface area (Å²) in [7, 11) is -1.01. The molecule has 4 aromatic rings. The van der Waals surface area contributed by atoms with Crippen LogP contribution in [-0.4, -0.2) is 11.7 Å². The summed E-state index contributed by atoms with van der Waals surface area (Å²) in [6.07, 6.45) is -9.41. The van der Waals surface area contributed by atoms with Crippen LogP contribution >= 0.6 is 7.92 Å². The van der Waals surface area contributed by atoms with Crippen LogP contribution in [0.25, 0.3) is 0 Å². The Morgan fingerprint density at radius 2 is 1.20 bits per heavy atom. The number of rotatable bonds is 5. The monoisotopic (exact) mass is 572 g/mol. The quantitative estimate of drug-likeness (QED) is 0.187. The van der Waals surface area contributed by atoms with Gasteiger partial charge in [0.05, 0.1) is 17.2 Å². The van der Waals surface area contributed by atoms with E-state index >= 15 is 0 Å². The zero-order valence-corrected chi connectivity index (χ0v) is 21.7. The molecule has 0 bridgehead atoms. The molecule has 10 heteroatoms. The van der Waals surface area contributed by atoms with Crippen LogP contribution in [0.15, 0.2) is 103 Å². The maximum absolute atomic E-state index is 13.3. The normalized spacial score (nSPS) is 17.0. The fourth-order valence-corrected chi connectivity index (χ4v) is 8.00. The van der Waals surface area contributed by atoms with Gasteiger partial charge in [-0.2, -0.15) is 26.3 Å². The van der Waals surface area contributed by atoms with Crippen molar-refractivity contribution in [3.63, 3.8) is 0 Å². The van der Waals surface area contributed by atoms with Crippen LogP contribution in [0.3, 0.4) is 0 Å². The van der Waals surface area contributed by atoms with E-state index in [2.05, 4.69) is 10.6 Å². The number of urea groups is 1. The molecule has 2 N–H and O–H groups in total. The molecule has 2 atom stereocenters. The fraction of sp³-hybridized carbons (Fsp3) is 0.167. The minimum Gasteiger partial charge on any atom is -0.330 e. The number of hydrogen-bond donors (Lipinski definition) is 2. The van der Waals surface area contributed by atoms with Gasteiger partial charge in [-0.15, -0.1) is 0 Å². The Bertz CT molecular complexity index is 1420. The van der Waals surface area contributed by atoms with E-state index in [1.165, 1.54) is 0 Å². The van der Waals surface area contributed by atoms with Crippen LogP contribution in [0.1, 0.15) is 28.3 Å². The van der Waals surface area contributed by atoms with Crippen molar-refractivity contribution in [1.29, 1.82) is 0 Å². The van der Waals surface area contributed by atoms with Gasteiger partial charge in [-0.05, 0) is 54.3 Å². The molecule has 40 heavy (non-hydrogen) atoms. The van der Waals surface area contributed by atoms with Gasteiger partial charge < -0.3 is 10.6 Å². The third-order valence-electron chi connectivity index (χ3n) is 6.74. The largest absolute Gasteiger partial charge is 0.416 e. The Balaban J connectivity index is 1.49. The topological polar surface area (TPSA) is 41.1 Å². The van der Waals surface area contributed by atoms with Crippen LogP contribution in [0.4, 0.5) is 36.8 Å². The van der Waals surface area contributed by atoms with E-state index in [1.54, 1.807) is 0 Å². The molecule has 0 saturated heterocycles. The number of fused-ring (bicyclic) bond motifs is 1. The molecular formula is C30H23F6N2OP. The highest BCUT2D eigenvalue weighted by molar-refractivity contribution is 7.73. The van der Waals surface area contributed by atoms with E-state index in [4.69, 9.17) is 0 Å². The van der Waals surface area contributed by atoms with Gasteiger partial charge in [0.1, 0.15) is 0 Å². The molecular weight excluding hydrogens is 549 g/mol. The highest BCUT2D eigenvalue weighted by atomic mass is 31.1. The number of carbonyl (C=O) groups is 1. The summed E-state index contributed by atoms with van der Waals surface area (Å²) in [6.45, 7) is 0. The van der Waals surface area contributed by atoms with E-state index in [0.29, 0.717) is 18.6 Å². The number of halogens is 6. The summed E-state index contributed by atoms with van der Waals surface area (Å²) in [5, 5.41) is 7.26. The van der Waals surface area contributed by atoms with Gasteiger partial charge in [-0.25, -0.2) is 4.79 Å². The van der Waals surface area contributed by atoms with Crippen LogP contribution in [-0.2, 0) is 18.8 Å². The standard InChI is InChI=1S/C30H23F6N2OP/c31-29(32,33)20-16-21(30(34,35)36)18-22(17-20)37-28(39)38-27-25-14-8-7-9-19(25)15-26(27)40(23-10-3-1-4-11-23)24-12-5-2-6-13-24/h1-14,16-18,26-27H,15H2,(H2,37,38,39)/t26-,27-/m0/s1. The minimum atomic E-state index is -5.02. The molecule has 0 fully saturated rings. The summed E-state index contributed by atoms with van der Waals surface area (Å²) in [5.41, 5.74) is -1.83. The Morgan fingerprint density at radius 1 is 0.700 bits per heavy atom. The smallest absolute Gasteiger partial charge is 0.330 e. The molecule has 4 aromatic carbocycles. The second kappa shape index (κ2) is 11.0. The van der Waals surface area contributed by atoms with Gasteiger partial charge in [0, 0.05) is 11.3 Å². The number of alkyl halides is 6. The number of amides is 2. The Labute approximate surface area is 228 Å². The van der Waals surface area contributed by atoms with Crippen molar-refractivity contribution in [2.24, 2.45) is 0 Å². The number of nitrogens with one attached hydrogen (secondary N) is 2. The summed E-state index contributed by atoms with van der Waals surface area (Å²) < 4.78 is 80.0. The lowest BCUT2D eigenvalue weighted by molar-refractivity contribution is -0.143. The lowest BCUT2D eigenvalue weighted by atomic mass is 10.1. The third-order valence-corrected chi connectivity index (χ3v) is 9.59. The van der Waals surface area contributed by atoms with Crippen LogP contribution in [0.2, 0.25) is 0 Å². The average Bonchev–Trinajstić information content (AvgIpc) is 3.26. The fourth-order valence-electron chi connectivity index (χ4n) is 5.03. The van der Waals surface area contributed by atoms with Gasteiger partial charge >= 0.3 is 18.4 Å². The van der Waals surface area contributed by atoms with Crippen molar-refractivity contribution in [3.05, 3.63) is 125 Å². The van der Waals surface area contributed by atoms with Gasteiger partial charge in [0.25, 0.3) is 0 Å².